The molecule has 0 spiro atoms. The van der Waals surface area contributed by atoms with Crippen LogP contribution in [0.3, 0.4) is 0 Å². The summed E-state index contributed by atoms with van der Waals surface area (Å²) in [5.74, 6) is -0.835. The van der Waals surface area contributed by atoms with Gasteiger partial charge in [-0.15, -0.1) is 0 Å². The first-order valence-corrected chi connectivity index (χ1v) is 7.44. The van der Waals surface area contributed by atoms with E-state index in [0.717, 1.165) is 16.3 Å². The summed E-state index contributed by atoms with van der Waals surface area (Å²) >= 11 is 5.88. The molecule has 0 N–H and O–H groups in total. The van der Waals surface area contributed by atoms with E-state index < -0.39 is 23.4 Å². The van der Waals surface area contributed by atoms with Crippen molar-refractivity contribution < 1.29 is 22.7 Å². The highest BCUT2D eigenvalue weighted by Gasteiger charge is 2.39. The van der Waals surface area contributed by atoms with Gasteiger partial charge in [0.2, 0.25) is 5.90 Å². The molecule has 0 unspecified atom stereocenters. The Morgan fingerprint density at radius 3 is 2.68 bits per heavy atom. The normalized spacial score (nSPS) is 16.3. The van der Waals surface area contributed by atoms with E-state index in [1.54, 1.807) is 18.2 Å². The maximum Gasteiger partial charge on any atom is 0.435 e. The number of alkyl halides is 3. The SMILES string of the molecule is Cc1cccc(C2=NC(=Cc3c(C(F)(F)F)nn(C)c3Cl)C(=O)O2)c1. The largest absolute Gasteiger partial charge is 0.435 e. The van der Waals surface area contributed by atoms with Crippen LogP contribution in [0.4, 0.5) is 13.2 Å². The van der Waals surface area contributed by atoms with Crippen LogP contribution in [0.5, 0.6) is 0 Å². The number of hydrogen-bond acceptors (Lipinski definition) is 4. The molecule has 3 rings (SSSR count). The summed E-state index contributed by atoms with van der Waals surface area (Å²) in [5.41, 5.74) is -0.442. The zero-order valence-electron chi connectivity index (χ0n) is 13.1. The Labute approximate surface area is 145 Å². The number of carbonyl (C=O) groups is 1. The molecule has 2 aromatic rings. The lowest BCUT2D eigenvalue weighted by Gasteiger charge is -2.03. The van der Waals surface area contributed by atoms with E-state index in [1.807, 2.05) is 13.0 Å². The predicted octanol–water partition coefficient (Wildman–Crippen LogP) is 3.75. The van der Waals surface area contributed by atoms with Gasteiger partial charge in [0.05, 0.1) is 0 Å². The number of ether oxygens (including phenoxy) is 1. The second kappa shape index (κ2) is 6.03. The number of esters is 1. The minimum Gasteiger partial charge on any atom is -0.402 e. The van der Waals surface area contributed by atoms with Gasteiger partial charge in [-0.25, -0.2) is 9.79 Å². The third-order valence-corrected chi connectivity index (χ3v) is 3.89. The molecule has 1 aliphatic heterocycles. The molecule has 0 radical (unpaired) electrons. The number of hydrogen-bond donors (Lipinski definition) is 0. The maximum atomic E-state index is 13.1. The van der Waals surface area contributed by atoms with E-state index in [9.17, 15) is 18.0 Å². The Hall–Kier alpha value is -2.61. The number of aromatic nitrogens is 2. The molecule has 1 aliphatic rings. The van der Waals surface area contributed by atoms with Gasteiger partial charge in [-0.3, -0.25) is 4.68 Å². The number of cyclic esters (lactones) is 1. The molecule has 0 bridgehead atoms. The molecule has 5 nitrogen and oxygen atoms in total. The van der Waals surface area contributed by atoms with Crippen LogP contribution in [0.15, 0.2) is 35.0 Å². The van der Waals surface area contributed by atoms with E-state index in [1.165, 1.54) is 7.05 Å². The molecule has 9 heteroatoms. The average molecular weight is 370 g/mol. The number of carbonyl (C=O) groups excluding carboxylic acids is 1. The topological polar surface area (TPSA) is 56.5 Å². The predicted molar refractivity (Wildman–Crippen MR) is 85.0 cm³/mol. The number of nitrogens with zero attached hydrogens (tertiary/aromatic N) is 3. The second-order valence-corrected chi connectivity index (χ2v) is 5.74. The lowest BCUT2D eigenvalue weighted by molar-refractivity contribution is -0.141. The smallest absolute Gasteiger partial charge is 0.402 e. The van der Waals surface area contributed by atoms with Crippen LogP contribution in [0, 0.1) is 6.92 Å². The van der Waals surface area contributed by atoms with Crippen LogP contribution >= 0.6 is 11.6 Å². The summed E-state index contributed by atoms with van der Waals surface area (Å²) in [5, 5.41) is 3.09. The first kappa shape index (κ1) is 17.2. The van der Waals surface area contributed by atoms with Gasteiger partial charge in [-0.1, -0.05) is 29.3 Å². The summed E-state index contributed by atoms with van der Waals surface area (Å²) in [7, 11) is 1.27. The fraction of sp³-hybridized carbons (Fsp3) is 0.188. The van der Waals surface area contributed by atoms with E-state index in [-0.39, 0.29) is 16.7 Å². The van der Waals surface area contributed by atoms with Gasteiger partial charge in [0.1, 0.15) is 5.15 Å². The molecule has 0 fully saturated rings. The number of aryl methyl sites for hydroxylation is 2. The summed E-state index contributed by atoms with van der Waals surface area (Å²) in [4.78, 5) is 16.0. The van der Waals surface area contributed by atoms with Crippen LogP contribution < -0.4 is 0 Å². The number of benzene rings is 1. The number of aliphatic imine (C=N–C) groups is 1. The van der Waals surface area contributed by atoms with Crippen LogP contribution in [0.25, 0.3) is 6.08 Å². The first-order chi connectivity index (χ1) is 11.7. The highest BCUT2D eigenvalue weighted by molar-refractivity contribution is 6.31. The zero-order valence-corrected chi connectivity index (χ0v) is 13.8. The quantitative estimate of drug-likeness (QED) is 0.598. The molecule has 1 aromatic heterocycles. The van der Waals surface area contributed by atoms with Gasteiger partial charge in [0, 0.05) is 18.2 Å². The Kier molecular flexibility index (Phi) is 4.16. The molecule has 0 atom stereocenters. The van der Waals surface area contributed by atoms with Crippen molar-refractivity contribution in [2.45, 2.75) is 13.1 Å². The molecular weight excluding hydrogens is 359 g/mol. The molecule has 2 heterocycles. The number of halogens is 4. The summed E-state index contributed by atoms with van der Waals surface area (Å²) in [6.07, 6.45) is -3.79. The van der Waals surface area contributed by atoms with Crippen LogP contribution in [-0.4, -0.2) is 21.6 Å². The summed E-state index contributed by atoms with van der Waals surface area (Å²) in [6.45, 7) is 1.85. The van der Waals surface area contributed by atoms with E-state index in [0.29, 0.717) is 5.56 Å². The highest BCUT2D eigenvalue weighted by atomic mass is 35.5. The molecule has 25 heavy (non-hydrogen) atoms. The minimum atomic E-state index is -4.72. The van der Waals surface area contributed by atoms with Crippen molar-refractivity contribution in [1.82, 2.24) is 9.78 Å². The molecular formula is C16H11ClF3N3O2. The van der Waals surface area contributed by atoms with Crippen molar-refractivity contribution in [3.63, 3.8) is 0 Å². The van der Waals surface area contributed by atoms with E-state index in [2.05, 4.69) is 10.1 Å². The van der Waals surface area contributed by atoms with Crippen molar-refractivity contribution in [3.8, 4) is 0 Å². The molecule has 0 saturated heterocycles. The van der Waals surface area contributed by atoms with Crippen molar-refractivity contribution in [3.05, 3.63) is 57.5 Å². The van der Waals surface area contributed by atoms with E-state index in [4.69, 9.17) is 16.3 Å². The van der Waals surface area contributed by atoms with Gasteiger partial charge in [-0.2, -0.15) is 18.3 Å². The van der Waals surface area contributed by atoms with E-state index >= 15 is 0 Å². The van der Waals surface area contributed by atoms with Crippen molar-refractivity contribution in [1.29, 1.82) is 0 Å². The monoisotopic (exact) mass is 369 g/mol. The fourth-order valence-corrected chi connectivity index (χ4v) is 2.49. The lowest BCUT2D eigenvalue weighted by Crippen LogP contribution is -2.08. The third kappa shape index (κ3) is 3.30. The van der Waals surface area contributed by atoms with Gasteiger partial charge in [-0.05, 0) is 25.1 Å². The Morgan fingerprint density at radius 2 is 2.04 bits per heavy atom. The van der Waals surface area contributed by atoms with Crippen LogP contribution in [0.1, 0.15) is 22.4 Å². The number of rotatable bonds is 2. The second-order valence-electron chi connectivity index (χ2n) is 5.38. The Balaban J connectivity index is 2.07. The Morgan fingerprint density at radius 1 is 1.32 bits per heavy atom. The van der Waals surface area contributed by atoms with Crippen molar-refractivity contribution in [2.24, 2.45) is 12.0 Å². The van der Waals surface area contributed by atoms with Gasteiger partial charge in [0.15, 0.2) is 11.4 Å². The fourth-order valence-electron chi connectivity index (χ4n) is 2.30. The third-order valence-electron chi connectivity index (χ3n) is 3.45. The zero-order chi connectivity index (χ0) is 18.4. The van der Waals surface area contributed by atoms with Crippen LogP contribution in [0.2, 0.25) is 5.15 Å². The van der Waals surface area contributed by atoms with Gasteiger partial charge in [0.25, 0.3) is 0 Å². The summed E-state index contributed by atoms with van der Waals surface area (Å²) < 4.78 is 45.2. The van der Waals surface area contributed by atoms with Crippen LogP contribution in [-0.2, 0) is 22.8 Å². The first-order valence-electron chi connectivity index (χ1n) is 7.06. The molecule has 0 aliphatic carbocycles. The highest BCUT2D eigenvalue weighted by Crippen LogP contribution is 2.36. The molecule has 0 saturated carbocycles. The summed E-state index contributed by atoms with van der Waals surface area (Å²) in [6, 6.07) is 7.03. The van der Waals surface area contributed by atoms with Gasteiger partial charge >= 0.3 is 12.1 Å². The average Bonchev–Trinajstić information content (AvgIpc) is 3.02. The molecule has 130 valence electrons. The Bertz CT molecular complexity index is 929. The molecule has 0 amide bonds. The van der Waals surface area contributed by atoms with Gasteiger partial charge < -0.3 is 4.74 Å². The standard InChI is InChI=1S/C16H11ClF3N3O2/c1-8-4-3-5-9(6-8)14-21-11(15(24)25-14)7-10-12(16(18,19)20)22-23(2)13(10)17/h3-7H,1-2H3. The minimum absolute atomic E-state index is 0.0218. The van der Waals surface area contributed by atoms with Crippen molar-refractivity contribution >= 4 is 29.5 Å². The lowest BCUT2D eigenvalue weighted by atomic mass is 10.1. The van der Waals surface area contributed by atoms with Crippen molar-refractivity contribution in [2.75, 3.05) is 0 Å². The maximum absolute atomic E-state index is 13.1. The molecule has 1 aromatic carbocycles.